The van der Waals surface area contributed by atoms with E-state index in [2.05, 4.69) is 0 Å². The maximum Gasteiger partial charge on any atom is 0.304 e. The molecule has 8 heteroatoms. The van der Waals surface area contributed by atoms with Gasteiger partial charge in [0.25, 0.3) is 0 Å². The Hall–Kier alpha value is -0.820. The summed E-state index contributed by atoms with van der Waals surface area (Å²) >= 11 is 11.6. The van der Waals surface area contributed by atoms with E-state index in [9.17, 15) is 13.2 Å². The van der Waals surface area contributed by atoms with Crippen molar-refractivity contribution in [3.63, 3.8) is 0 Å². The molecule has 0 saturated heterocycles. The van der Waals surface area contributed by atoms with E-state index in [1.807, 2.05) is 0 Å². The minimum atomic E-state index is -3.81. The number of benzene rings is 1. The van der Waals surface area contributed by atoms with Crippen molar-refractivity contribution in [3.8, 4) is 0 Å². The highest BCUT2D eigenvalue weighted by atomic mass is 35.5. The van der Waals surface area contributed by atoms with Crippen LogP contribution in [0.2, 0.25) is 10.0 Å². The van der Waals surface area contributed by atoms with E-state index in [0.717, 1.165) is 4.31 Å². The standard InChI is InChI=1S/C12H15Cl2NO4S/c1-3-15(8(2)6-12(16)17)20(18,19)9-4-5-10(13)11(14)7-9/h4-5,7-8H,3,6H2,1-2H3,(H,16,17). The molecule has 5 nitrogen and oxygen atoms in total. The van der Waals surface area contributed by atoms with E-state index in [4.69, 9.17) is 28.3 Å². The van der Waals surface area contributed by atoms with E-state index < -0.39 is 22.0 Å². The highest BCUT2D eigenvalue weighted by Crippen LogP contribution is 2.27. The van der Waals surface area contributed by atoms with Crippen LogP contribution in [0.1, 0.15) is 20.3 Å². The number of hydrogen-bond acceptors (Lipinski definition) is 3. The Morgan fingerprint density at radius 3 is 2.40 bits per heavy atom. The van der Waals surface area contributed by atoms with Crippen LogP contribution in [0.5, 0.6) is 0 Å². The second kappa shape index (κ2) is 6.76. The number of aliphatic carboxylic acids is 1. The molecule has 0 aliphatic carbocycles. The highest BCUT2D eigenvalue weighted by Gasteiger charge is 2.29. The minimum Gasteiger partial charge on any atom is -0.481 e. The van der Waals surface area contributed by atoms with Gasteiger partial charge in [0, 0.05) is 12.6 Å². The zero-order valence-corrected chi connectivity index (χ0v) is 13.3. The van der Waals surface area contributed by atoms with Crippen LogP contribution in [0, 0.1) is 0 Å². The van der Waals surface area contributed by atoms with Crippen LogP contribution < -0.4 is 0 Å². The maximum absolute atomic E-state index is 12.5. The molecule has 0 radical (unpaired) electrons. The van der Waals surface area contributed by atoms with Gasteiger partial charge in [0.05, 0.1) is 21.4 Å². The predicted octanol–water partition coefficient (Wildman–Crippen LogP) is 2.87. The van der Waals surface area contributed by atoms with Gasteiger partial charge >= 0.3 is 5.97 Å². The van der Waals surface area contributed by atoms with Gasteiger partial charge in [0.1, 0.15) is 0 Å². The summed E-state index contributed by atoms with van der Waals surface area (Å²) in [7, 11) is -3.81. The first-order chi connectivity index (χ1) is 9.20. The molecule has 0 aliphatic rings. The fourth-order valence-corrected chi connectivity index (χ4v) is 3.87. The number of halogens is 2. The van der Waals surface area contributed by atoms with Gasteiger partial charge in [-0.2, -0.15) is 4.31 Å². The van der Waals surface area contributed by atoms with Crippen LogP contribution >= 0.6 is 23.2 Å². The smallest absolute Gasteiger partial charge is 0.304 e. The summed E-state index contributed by atoms with van der Waals surface area (Å²) in [5.74, 6) is -1.06. The van der Waals surface area contributed by atoms with Crippen LogP contribution in [-0.4, -0.2) is 36.4 Å². The van der Waals surface area contributed by atoms with E-state index >= 15 is 0 Å². The van der Waals surface area contributed by atoms with Gasteiger partial charge in [-0.3, -0.25) is 4.79 Å². The number of sulfonamides is 1. The number of carbonyl (C=O) groups is 1. The topological polar surface area (TPSA) is 74.7 Å². The SMILES string of the molecule is CCN(C(C)CC(=O)O)S(=O)(=O)c1ccc(Cl)c(Cl)c1. The lowest BCUT2D eigenvalue weighted by molar-refractivity contribution is -0.137. The summed E-state index contributed by atoms with van der Waals surface area (Å²) in [6.45, 7) is 3.36. The second-order valence-electron chi connectivity index (χ2n) is 4.23. The first kappa shape index (κ1) is 17.2. The summed E-state index contributed by atoms with van der Waals surface area (Å²) in [5, 5.41) is 9.18. The molecule has 0 bridgehead atoms. The minimum absolute atomic E-state index is 0.00834. The van der Waals surface area contributed by atoms with Crippen molar-refractivity contribution >= 4 is 39.2 Å². The van der Waals surface area contributed by atoms with Crippen LogP contribution in [0.15, 0.2) is 23.1 Å². The maximum atomic E-state index is 12.5. The van der Waals surface area contributed by atoms with Crippen LogP contribution in [0.25, 0.3) is 0 Å². The van der Waals surface area contributed by atoms with Gasteiger partial charge in [0.2, 0.25) is 10.0 Å². The van der Waals surface area contributed by atoms with Crippen LogP contribution in [-0.2, 0) is 14.8 Å². The van der Waals surface area contributed by atoms with Crippen molar-refractivity contribution in [1.82, 2.24) is 4.31 Å². The molecule has 1 N–H and O–H groups in total. The molecule has 1 rings (SSSR count). The van der Waals surface area contributed by atoms with E-state index in [-0.39, 0.29) is 27.9 Å². The molecule has 0 saturated carbocycles. The molecule has 0 fully saturated rings. The van der Waals surface area contributed by atoms with Crippen molar-refractivity contribution in [2.45, 2.75) is 31.2 Å². The Morgan fingerprint density at radius 2 is 1.95 bits per heavy atom. The van der Waals surface area contributed by atoms with E-state index in [0.29, 0.717) is 0 Å². The van der Waals surface area contributed by atoms with Crippen molar-refractivity contribution in [3.05, 3.63) is 28.2 Å². The number of carboxylic acid groups (broad SMARTS) is 1. The Bertz CT molecular complexity index is 603. The lowest BCUT2D eigenvalue weighted by atomic mass is 10.2. The van der Waals surface area contributed by atoms with Gasteiger partial charge in [-0.25, -0.2) is 8.42 Å². The molecule has 1 atom stereocenters. The molecule has 0 spiro atoms. The van der Waals surface area contributed by atoms with E-state index in [1.165, 1.54) is 18.2 Å². The Labute approximate surface area is 128 Å². The summed E-state index contributed by atoms with van der Waals surface area (Å²) in [6.07, 6.45) is -0.269. The second-order valence-corrected chi connectivity index (χ2v) is 6.94. The fraction of sp³-hybridized carbons (Fsp3) is 0.417. The average Bonchev–Trinajstić information content (AvgIpc) is 2.31. The van der Waals surface area contributed by atoms with Gasteiger partial charge < -0.3 is 5.11 Å². The van der Waals surface area contributed by atoms with Gasteiger partial charge in [0.15, 0.2) is 0 Å². The van der Waals surface area contributed by atoms with Crippen molar-refractivity contribution < 1.29 is 18.3 Å². The first-order valence-electron chi connectivity index (χ1n) is 5.88. The molecule has 0 heterocycles. The Balaban J connectivity index is 3.17. The average molecular weight is 340 g/mol. The number of rotatable bonds is 6. The van der Waals surface area contributed by atoms with Gasteiger partial charge in [-0.15, -0.1) is 0 Å². The zero-order chi connectivity index (χ0) is 15.5. The zero-order valence-electron chi connectivity index (χ0n) is 11.0. The molecular formula is C12H15Cl2NO4S. The fourth-order valence-electron chi connectivity index (χ4n) is 1.85. The van der Waals surface area contributed by atoms with Gasteiger partial charge in [-0.1, -0.05) is 30.1 Å². The van der Waals surface area contributed by atoms with Crippen molar-refractivity contribution in [2.24, 2.45) is 0 Å². The molecule has 0 aromatic heterocycles. The Kier molecular flexibility index (Phi) is 5.82. The quantitative estimate of drug-likeness (QED) is 0.864. The summed E-state index contributed by atoms with van der Waals surface area (Å²) in [4.78, 5) is 10.7. The molecule has 112 valence electrons. The summed E-state index contributed by atoms with van der Waals surface area (Å²) in [5.41, 5.74) is 0. The summed E-state index contributed by atoms with van der Waals surface area (Å²) in [6, 6.07) is 3.35. The van der Waals surface area contributed by atoms with E-state index in [1.54, 1.807) is 13.8 Å². The molecule has 0 amide bonds. The lowest BCUT2D eigenvalue weighted by Crippen LogP contribution is -2.39. The van der Waals surface area contributed by atoms with Gasteiger partial charge in [-0.05, 0) is 25.1 Å². The lowest BCUT2D eigenvalue weighted by Gasteiger charge is -2.26. The monoisotopic (exact) mass is 339 g/mol. The molecule has 1 aromatic carbocycles. The van der Waals surface area contributed by atoms with Crippen LogP contribution in [0.3, 0.4) is 0 Å². The third kappa shape index (κ3) is 3.85. The normalized spacial score (nSPS) is 13.4. The predicted molar refractivity (Wildman–Crippen MR) is 77.7 cm³/mol. The first-order valence-corrected chi connectivity index (χ1v) is 8.08. The molecule has 1 unspecified atom stereocenters. The largest absolute Gasteiger partial charge is 0.481 e. The third-order valence-electron chi connectivity index (χ3n) is 2.77. The molecule has 1 aromatic rings. The molecular weight excluding hydrogens is 325 g/mol. The number of carboxylic acids is 1. The third-order valence-corrected chi connectivity index (χ3v) is 5.60. The van der Waals surface area contributed by atoms with Crippen molar-refractivity contribution in [2.75, 3.05) is 6.54 Å². The highest BCUT2D eigenvalue weighted by molar-refractivity contribution is 7.89. The number of nitrogens with zero attached hydrogens (tertiary/aromatic N) is 1. The Morgan fingerprint density at radius 1 is 1.35 bits per heavy atom. The molecule has 20 heavy (non-hydrogen) atoms. The molecule has 0 aliphatic heterocycles. The van der Waals surface area contributed by atoms with Crippen LogP contribution in [0.4, 0.5) is 0 Å². The summed E-state index contributed by atoms with van der Waals surface area (Å²) < 4.78 is 26.1. The van der Waals surface area contributed by atoms with Crippen molar-refractivity contribution in [1.29, 1.82) is 0 Å². The number of hydrogen-bond donors (Lipinski definition) is 1.